The van der Waals surface area contributed by atoms with Crippen LogP contribution in [0.2, 0.25) is 5.02 Å². The summed E-state index contributed by atoms with van der Waals surface area (Å²) in [5.74, 6) is -0.0741. The fourth-order valence-corrected chi connectivity index (χ4v) is 2.45. The maximum atomic E-state index is 12.2. The first kappa shape index (κ1) is 12.8. The van der Waals surface area contributed by atoms with Crippen LogP contribution in [0.25, 0.3) is 0 Å². The van der Waals surface area contributed by atoms with Crippen LogP contribution in [0.1, 0.15) is 15.9 Å². The van der Waals surface area contributed by atoms with Crippen molar-refractivity contribution in [2.45, 2.75) is 0 Å². The zero-order valence-electron chi connectivity index (χ0n) is 8.58. The van der Waals surface area contributed by atoms with Crippen molar-refractivity contribution in [1.82, 2.24) is 0 Å². The number of halogens is 3. The second-order valence-electron chi connectivity index (χ2n) is 3.46. The van der Waals surface area contributed by atoms with Crippen LogP contribution in [0.5, 0.6) is 0 Å². The lowest BCUT2D eigenvalue weighted by Gasteiger charge is -2.04. The van der Waals surface area contributed by atoms with E-state index in [0.29, 0.717) is 16.1 Å². The van der Waals surface area contributed by atoms with Crippen molar-refractivity contribution in [3.05, 3.63) is 67.6 Å². The molecule has 0 N–H and O–H groups in total. The molecule has 0 saturated carbocycles. The molecule has 0 saturated heterocycles. The number of hydrogen-bond acceptors (Lipinski definition) is 1. The molecule has 17 heavy (non-hydrogen) atoms. The first-order valence-corrected chi connectivity index (χ1v) is 6.79. The summed E-state index contributed by atoms with van der Waals surface area (Å²) in [4.78, 5) is 12.2. The summed E-state index contributed by atoms with van der Waals surface area (Å²) in [6, 6.07) is 12.4. The summed E-state index contributed by atoms with van der Waals surface area (Å²) in [6.07, 6.45) is 0. The van der Waals surface area contributed by atoms with Crippen molar-refractivity contribution in [2.24, 2.45) is 0 Å². The minimum atomic E-state index is -0.0741. The van der Waals surface area contributed by atoms with E-state index in [1.165, 1.54) is 0 Å². The molecule has 0 atom stereocenters. The maximum Gasteiger partial charge on any atom is 0.194 e. The standard InChI is InChI=1S/C13H7Br2ClO/c14-9-3-1-8(2-4-9)13(17)11-6-5-10(15)7-12(11)16/h1-7H. The van der Waals surface area contributed by atoms with Gasteiger partial charge >= 0.3 is 0 Å². The minimum Gasteiger partial charge on any atom is -0.289 e. The van der Waals surface area contributed by atoms with Crippen LogP contribution in [0.4, 0.5) is 0 Å². The summed E-state index contributed by atoms with van der Waals surface area (Å²) in [6.45, 7) is 0. The van der Waals surface area contributed by atoms with Gasteiger partial charge in [0.1, 0.15) is 0 Å². The van der Waals surface area contributed by atoms with Crippen LogP contribution < -0.4 is 0 Å². The van der Waals surface area contributed by atoms with Gasteiger partial charge in [-0.15, -0.1) is 0 Å². The molecule has 0 aliphatic carbocycles. The molecule has 4 heteroatoms. The van der Waals surface area contributed by atoms with Gasteiger partial charge in [0.2, 0.25) is 0 Å². The van der Waals surface area contributed by atoms with E-state index in [2.05, 4.69) is 31.9 Å². The predicted molar refractivity (Wildman–Crippen MR) is 76.7 cm³/mol. The molecule has 0 amide bonds. The maximum absolute atomic E-state index is 12.2. The molecular weight excluding hydrogens is 367 g/mol. The van der Waals surface area contributed by atoms with Crippen molar-refractivity contribution >= 4 is 49.2 Å². The normalized spacial score (nSPS) is 10.3. The fraction of sp³-hybridized carbons (Fsp3) is 0. The zero-order chi connectivity index (χ0) is 12.4. The zero-order valence-corrected chi connectivity index (χ0v) is 12.5. The first-order valence-electron chi connectivity index (χ1n) is 4.83. The number of hydrogen-bond donors (Lipinski definition) is 0. The second-order valence-corrected chi connectivity index (χ2v) is 5.70. The molecule has 0 spiro atoms. The van der Waals surface area contributed by atoms with E-state index >= 15 is 0 Å². The van der Waals surface area contributed by atoms with Crippen LogP contribution >= 0.6 is 43.5 Å². The molecule has 1 nitrogen and oxygen atoms in total. The lowest BCUT2D eigenvalue weighted by molar-refractivity contribution is 0.103. The van der Waals surface area contributed by atoms with E-state index in [9.17, 15) is 4.79 Å². The fourth-order valence-electron chi connectivity index (χ4n) is 1.43. The van der Waals surface area contributed by atoms with Gasteiger partial charge < -0.3 is 0 Å². The highest BCUT2D eigenvalue weighted by Gasteiger charge is 2.12. The Balaban J connectivity index is 2.40. The van der Waals surface area contributed by atoms with Crippen LogP contribution in [0.15, 0.2) is 51.4 Å². The van der Waals surface area contributed by atoms with Gasteiger partial charge in [-0.1, -0.05) is 43.5 Å². The Bertz CT molecular complexity index is 564. The van der Waals surface area contributed by atoms with E-state index in [1.54, 1.807) is 30.3 Å². The molecular formula is C13H7Br2ClO. The summed E-state index contributed by atoms with van der Waals surface area (Å²) >= 11 is 12.7. The monoisotopic (exact) mass is 372 g/mol. The van der Waals surface area contributed by atoms with Gasteiger partial charge in [0, 0.05) is 20.1 Å². The van der Waals surface area contributed by atoms with Gasteiger partial charge in [0.05, 0.1) is 5.02 Å². The Kier molecular flexibility index (Phi) is 4.02. The predicted octanol–water partition coefficient (Wildman–Crippen LogP) is 5.10. The number of ketones is 1. The lowest BCUT2D eigenvalue weighted by atomic mass is 10.0. The molecule has 0 aliphatic heterocycles. The van der Waals surface area contributed by atoms with Gasteiger partial charge in [0.15, 0.2) is 5.78 Å². The minimum absolute atomic E-state index is 0.0741. The van der Waals surface area contributed by atoms with Gasteiger partial charge in [-0.2, -0.15) is 0 Å². The summed E-state index contributed by atoms with van der Waals surface area (Å²) in [7, 11) is 0. The number of carbonyl (C=O) groups is 1. The van der Waals surface area contributed by atoms with Gasteiger partial charge in [0.25, 0.3) is 0 Å². The number of rotatable bonds is 2. The van der Waals surface area contributed by atoms with Crippen LogP contribution in [-0.4, -0.2) is 5.78 Å². The highest BCUT2D eigenvalue weighted by molar-refractivity contribution is 9.10. The number of carbonyl (C=O) groups excluding carboxylic acids is 1. The van der Waals surface area contributed by atoms with E-state index < -0.39 is 0 Å². The Hall–Kier alpha value is -0.640. The summed E-state index contributed by atoms with van der Waals surface area (Å²) in [5.41, 5.74) is 1.13. The lowest BCUT2D eigenvalue weighted by Crippen LogP contribution is -2.01. The molecule has 86 valence electrons. The van der Waals surface area contributed by atoms with Gasteiger partial charge in [-0.3, -0.25) is 4.79 Å². The van der Waals surface area contributed by atoms with E-state index in [0.717, 1.165) is 8.95 Å². The van der Waals surface area contributed by atoms with Crippen molar-refractivity contribution in [3.63, 3.8) is 0 Å². The molecule has 2 rings (SSSR count). The third-order valence-electron chi connectivity index (χ3n) is 2.28. The topological polar surface area (TPSA) is 17.1 Å². The van der Waals surface area contributed by atoms with Crippen molar-refractivity contribution in [1.29, 1.82) is 0 Å². The van der Waals surface area contributed by atoms with E-state index in [-0.39, 0.29) is 5.78 Å². The highest BCUT2D eigenvalue weighted by atomic mass is 79.9. The van der Waals surface area contributed by atoms with Crippen molar-refractivity contribution in [3.8, 4) is 0 Å². The van der Waals surface area contributed by atoms with E-state index in [4.69, 9.17) is 11.6 Å². The Labute approximate surface area is 121 Å². The highest BCUT2D eigenvalue weighted by Crippen LogP contribution is 2.24. The SMILES string of the molecule is O=C(c1ccc(Br)cc1)c1ccc(Br)cc1Cl. The largest absolute Gasteiger partial charge is 0.289 e. The molecule has 0 unspecified atom stereocenters. The van der Waals surface area contributed by atoms with Crippen molar-refractivity contribution < 1.29 is 4.79 Å². The average molecular weight is 374 g/mol. The summed E-state index contributed by atoms with van der Waals surface area (Å²) in [5, 5.41) is 0.451. The second kappa shape index (κ2) is 5.34. The van der Waals surface area contributed by atoms with Crippen LogP contribution in [0.3, 0.4) is 0 Å². The molecule has 0 bridgehead atoms. The molecule has 0 aliphatic rings. The van der Waals surface area contributed by atoms with Crippen LogP contribution in [0, 0.1) is 0 Å². The molecule has 2 aromatic rings. The molecule has 0 heterocycles. The molecule has 0 aromatic heterocycles. The van der Waals surface area contributed by atoms with Crippen molar-refractivity contribution in [2.75, 3.05) is 0 Å². The van der Waals surface area contributed by atoms with Gasteiger partial charge in [-0.25, -0.2) is 0 Å². The third-order valence-corrected chi connectivity index (χ3v) is 3.62. The Morgan fingerprint density at radius 2 is 1.53 bits per heavy atom. The summed E-state index contributed by atoms with van der Waals surface area (Å²) < 4.78 is 1.80. The molecule has 0 fully saturated rings. The average Bonchev–Trinajstić information content (AvgIpc) is 2.29. The molecule has 0 radical (unpaired) electrons. The third kappa shape index (κ3) is 2.97. The Morgan fingerprint density at radius 1 is 0.941 bits per heavy atom. The van der Waals surface area contributed by atoms with Gasteiger partial charge in [-0.05, 0) is 42.5 Å². The smallest absolute Gasteiger partial charge is 0.194 e. The first-order chi connectivity index (χ1) is 8.08. The van der Waals surface area contributed by atoms with Crippen LogP contribution in [-0.2, 0) is 0 Å². The molecule has 2 aromatic carbocycles. The number of benzene rings is 2. The quantitative estimate of drug-likeness (QED) is 0.669. The Morgan fingerprint density at radius 3 is 2.12 bits per heavy atom. The van der Waals surface area contributed by atoms with E-state index in [1.807, 2.05) is 12.1 Å².